The highest BCUT2D eigenvalue weighted by molar-refractivity contribution is 6.01. The number of allylic oxidation sites excluding steroid dienone is 2. The van der Waals surface area contributed by atoms with Gasteiger partial charge in [0.25, 0.3) is 0 Å². The summed E-state index contributed by atoms with van der Waals surface area (Å²) in [6, 6.07) is 10.3. The molecular formula is C21H25N3O2. The van der Waals surface area contributed by atoms with Crippen molar-refractivity contribution in [3.05, 3.63) is 58.9 Å². The fraction of sp³-hybridized carbons (Fsp3) is 0.476. The Bertz CT molecular complexity index is 827. The topological polar surface area (TPSA) is 63.0 Å². The van der Waals surface area contributed by atoms with Crippen molar-refractivity contribution in [2.24, 2.45) is 15.6 Å². The molecule has 5 heteroatoms. The Morgan fingerprint density at radius 2 is 2.04 bits per heavy atom. The SMILES string of the molecule is CC[C@@]1(c2ccccc2)C2=CN=NC2NC2=C1C(=O)C[C@](C)(COC)C2. The van der Waals surface area contributed by atoms with Gasteiger partial charge >= 0.3 is 0 Å². The molecule has 3 aliphatic rings. The first-order chi connectivity index (χ1) is 12.5. The van der Waals surface area contributed by atoms with E-state index in [0.29, 0.717) is 13.0 Å². The molecule has 0 aromatic heterocycles. The van der Waals surface area contributed by atoms with Crippen LogP contribution in [0.3, 0.4) is 0 Å². The lowest BCUT2D eigenvalue weighted by molar-refractivity contribution is -0.120. The van der Waals surface area contributed by atoms with E-state index in [1.165, 1.54) is 0 Å². The summed E-state index contributed by atoms with van der Waals surface area (Å²) in [4.78, 5) is 13.4. The standard InChI is InChI=1S/C21H25N3O2/c1-4-21(14-8-6-5-7-9-14)15-12-22-24-19(15)23-16-10-20(2,13-26-3)11-17(25)18(16)21/h5-9,12,19,23H,4,10-11,13H2,1-3H3/t19?,20-,21-/m1/s1. The van der Waals surface area contributed by atoms with E-state index in [0.717, 1.165) is 35.2 Å². The van der Waals surface area contributed by atoms with E-state index in [-0.39, 0.29) is 17.4 Å². The van der Waals surface area contributed by atoms with Crippen molar-refractivity contribution >= 4 is 5.78 Å². The monoisotopic (exact) mass is 351 g/mol. The van der Waals surface area contributed by atoms with Crippen LogP contribution in [0.4, 0.5) is 0 Å². The molecule has 0 saturated carbocycles. The molecule has 0 radical (unpaired) electrons. The summed E-state index contributed by atoms with van der Waals surface area (Å²) in [5.74, 6) is 0.204. The van der Waals surface area contributed by atoms with E-state index in [1.54, 1.807) is 7.11 Å². The van der Waals surface area contributed by atoms with Gasteiger partial charge in [0.2, 0.25) is 0 Å². The van der Waals surface area contributed by atoms with Crippen LogP contribution < -0.4 is 5.32 Å². The van der Waals surface area contributed by atoms with Crippen molar-refractivity contribution in [2.45, 2.75) is 44.7 Å². The Morgan fingerprint density at radius 1 is 1.27 bits per heavy atom. The van der Waals surface area contributed by atoms with Crippen LogP contribution >= 0.6 is 0 Å². The predicted octanol–water partition coefficient (Wildman–Crippen LogP) is 3.88. The fourth-order valence-electron chi connectivity index (χ4n) is 4.96. The number of hydrogen-bond acceptors (Lipinski definition) is 5. The van der Waals surface area contributed by atoms with Gasteiger partial charge in [-0.25, -0.2) is 0 Å². The molecule has 2 heterocycles. The summed E-state index contributed by atoms with van der Waals surface area (Å²) >= 11 is 0. The van der Waals surface area contributed by atoms with Crippen LogP contribution in [-0.2, 0) is 14.9 Å². The maximum atomic E-state index is 13.4. The Balaban J connectivity index is 1.93. The minimum Gasteiger partial charge on any atom is -0.384 e. The molecule has 0 fully saturated rings. The van der Waals surface area contributed by atoms with Crippen molar-refractivity contribution in [1.82, 2.24) is 5.32 Å². The van der Waals surface area contributed by atoms with Crippen molar-refractivity contribution in [1.29, 1.82) is 0 Å². The zero-order valence-electron chi connectivity index (χ0n) is 15.6. The first kappa shape index (κ1) is 17.2. The number of fused-ring (bicyclic) bond motifs is 1. The molecule has 1 aromatic carbocycles. The van der Waals surface area contributed by atoms with E-state index >= 15 is 0 Å². The largest absolute Gasteiger partial charge is 0.384 e. The molecule has 2 aliphatic heterocycles. The lowest BCUT2D eigenvalue weighted by Gasteiger charge is -2.48. The van der Waals surface area contributed by atoms with E-state index in [2.05, 4.69) is 41.5 Å². The maximum Gasteiger partial charge on any atom is 0.164 e. The molecule has 136 valence electrons. The molecule has 0 amide bonds. The molecule has 0 bridgehead atoms. The van der Waals surface area contributed by atoms with Gasteiger partial charge in [-0.15, -0.1) is 0 Å². The molecule has 3 atom stereocenters. The van der Waals surface area contributed by atoms with Gasteiger partial charge in [0.15, 0.2) is 11.9 Å². The van der Waals surface area contributed by atoms with Gasteiger partial charge < -0.3 is 10.1 Å². The van der Waals surface area contributed by atoms with Gasteiger partial charge in [0.05, 0.1) is 18.2 Å². The van der Waals surface area contributed by atoms with Crippen LogP contribution in [0.15, 0.2) is 63.6 Å². The number of methoxy groups -OCH3 is 1. The number of hydrogen-bond donors (Lipinski definition) is 1. The first-order valence-corrected chi connectivity index (χ1v) is 9.22. The quantitative estimate of drug-likeness (QED) is 0.895. The van der Waals surface area contributed by atoms with Crippen molar-refractivity contribution < 1.29 is 9.53 Å². The number of nitrogens with zero attached hydrogens (tertiary/aromatic N) is 2. The number of Topliss-reactive ketones (excluding diaryl/α,β-unsaturated/α-hetero) is 1. The van der Waals surface area contributed by atoms with E-state index in [4.69, 9.17) is 4.74 Å². The molecule has 4 rings (SSSR count). The summed E-state index contributed by atoms with van der Waals surface area (Å²) < 4.78 is 5.41. The predicted molar refractivity (Wildman–Crippen MR) is 99.5 cm³/mol. The third kappa shape index (κ3) is 2.37. The number of ketones is 1. The molecule has 1 aromatic rings. The molecule has 26 heavy (non-hydrogen) atoms. The molecule has 1 unspecified atom stereocenters. The van der Waals surface area contributed by atoms with Crippen LogP contribution in [0.5, 0.6) is 0 Å². The Morgan fingerprint density at radius 3 is 2.73 bits per heavy atom. The molecule has 1 aliphatic carbocycles. The summed E-state index contributed by atoms with van der Waals surface area (Å²) in [5.41, 5.74) is 3.48. The molecule has 0 spiro atoms. The van der Waals surface area contributed by atoms with Crippen LogP contribution in [0, 0.1) is 5.41 Å². The minimum atomic E-state index is -0.457. The van der Waals surface area contributed by atoms with E-state index < -0.39 is 5.41 Å². The lowest BCUT2D eigenvalue weighted by Crippen LogP contribution is -2.52. The number of benzene rings is 1. The Labute approximate surface area is 154 Å². The second-order valence-electron chi connectivity index (χ2n) is 7.86. The first-order valence-electron chi connectivity index (χ1n) is 9.22. The van der Waals surface area contributed by atoms with Crippen LogP contribution in [0.2, 0.25) is 0 Å². The van der Waals surface area contributed by atoms with E-state index in [1.807, 2.05) is 24.4 Å². The molecule has 1 N–H and O–H groups in total. The highest BCUT2D eigenvalue weighted by Gasteiger charge is 2.53. The highest BCUT2D eigenvalue weighted by Crippen LogP contribution is 2.53. The van der Waals surface area contributed by atoms with Gasteiger partial charge in [-0.05, 0) is 18.4 Å². The second kappa shape index (κ2) is 6.16. The zero-order valence-corrected chi connectivity index (χ0v) is 15.6. The Hall–Kier alpha value is -2.27. The fourth-order valence-corrected chi connectivity index (χ4v) is 4.96. The average molecular weight is 351 g/mol. The third-order valence-electron chi connectivity index (χ3n) is 5.97. The maximum absolute atomic E-state index is 13.4. The summed E-state index contributed by atoms with van der Waals surface area (Å²) in [6.45, 7) is 4.84. The number of azo groups is 1. The number of nitrogens with one attached hydrogen (secondary N) is 1. The summed E-state index contributed by atoms with van der Waals surface area (Å²) in [5, 5.41) is 12.1. The van der Waals surface area contributed by atoms with Gasteiger partial charge in [0.1, 0.15) is 0 Å². The van der Waals surface area contributed by atoms with Gasteiger partial charge in [-0.2, -0.15) is 10.2 Å². The van der Waals surface area contributed by atoms with Crippen molar-refractivity contribution in [2.75, 3.05) is 13.7 Å². The third-order valence-corrected chi connectivity index (χ3v) is 5.97. The van der Waals surface area contributed by atoms with E-state index in [9.17, 15) is 4.79 Å². The summed E-state index contributed by atoms with van der Waals surface area (Å²) in [7, 11) is 1.69. The van der Waals surface area contributed by atoms with Crippen LogP contribution in [-0.4, -0.2) is 25.7 Å². The normalized spacial score (nSPS) is 32.8. The van der Waals surface area contributed by atoms with Gasteiger partial charge in [0, 0.05) is 35.8 Å². The molecule has 5 nitrogen and oxygen atoms in total. The number of carbonyl (C=O) groups excluding carboxylic acids is 1. The van der Waals surface area contributed by atoms with Gasteiger partial charge in [-0.3, -0.25) is 4.79 Å². The zero-order chi connectivity index (χ0) is 18.4. The van der Waals surface area contributed by atoms with Crippen LogP contribution in [0.25, 0.3) is 0 Å². The van der Waals surface area contributed by atoms with Gasteiger partial charge in [-0.1, -0.05) is 44.2 Å². The smallest absolute Gasteiger partial charge is 0.164 e. The Kier molecular flexibility index (Phi) is 4.07. The highest BCUT2D eigenvalue weighted by atomic mass is 16.5. The summed E-state index contributed by atoms with van der Waals surface area (Å²) in [6.07, 6.45) is 3.75. The number of ether oxygens (including phenoxy) is 1. The lowest BCUT2D eigenvalue weighted by atomic mass is 9.58. The number of carbonyl (C=O) groups is 1. The van der Waals surface area contributed by atoms with Crippen molar-refractivity contribution in [3.63, 3.8) is 0 Å². The molecule has 0 saturated heterocycles. The number of rotatable bonds is 4. The van der Waals surface area contributed by atoms with Crippen molar-refractivity contribution in [3.8, 4) is 0 Å². The second-order valence-corrected chi connectivity index (χ2v) is 7.86. The average Bonchev–Trinajstić information content (AvgIpc) is 3.09. The minimum absolute atomic E-state index is 0.188. The van der Waals surface area contributed by atoms with Crippen LogP contribution in [0.1, 0.15) is 38.7 Å². The molecular weight excluding hydrogens is 326 g/mol.